The van der Waals surface area contributed by atoms with Crippen molar-refractivity contribution in [3.05, 3.63) is 30.6 Å². The molecule has 1 nitrogen and oxygen atoms in total. The van der Waals surface area contributed by atoms with Crippen LogP contribution in [0.3, 0.4) is 0 Å². The second-order valence-electron chi connectivity index (χ2n) is 4.32. The Balaban J connectivity index is 2.20. The largest absolute Gasteiger partial charge is 0.469 e. The quantitative estimate of drug-likeness (QED) is 0.666. The molecule has 1 rings (SSSR count). The Kier molecular flexibility index (Phi) is 2.96. The Bertz CT molecular complexity index is 203. The number of furan rings is 1. The normalized spacial score (nSPS) is 11.9. The van der Waals surface area contributed by atoms with Crippen LogP contribution in [0.15, 0.2) is 22.8 Å². The Hall–Kier alpha value is -0.720. The smallest absolute Gasteiger partial charge is 0.107 e. The standard InChI is InChI=1S/C11H17O/c1-11(2,3)8-4-6-10-7-5-9-12-10/h5-7,9H,4,8H2,1-3H3. The highest BCUT2D eigenvalue weighted by molar-refractivity contribution is 5.08. The van der Waals surface area contributed by atoms with E-state index in [4.69, 9.17) is 4.42 Å². The average molecular weight is 165 g/mol. The molecule has 0 saturated heterocycles. The summed E-state index contributed by atoms with van der Waals surface area (Å²) < 4.78 is 5.19. The minimum atomic E-state index is 0.420. The molecule has 0 amide bonds. The summed E-state index contributed by atoms with van der Waals surface area (Å²) in [6.45, 7) is 6.76. The summed E-state index contributed by atoms with van der Waals surface area (Å²) >= 11 is 0. The summed E-state index contributed by atoms with van der Waals surface area (Å²) in [5.41, 5.74) is 0.420. The molecule has 0 spiro atoms. The topological polar surface area (TPSA) is 13.1 Å². The summed E-state index contributed by atoms with van der Waals surface area (Å²) in [6, 6.07) is 3.91. The molecule has 12 heavy (non-hydrogen) atoms. The van der Waals surface area contributed by atoms with Gasteiger partial charge in [0, 0.05) is 6.42 Å². The van der Waals surface area contributed by atoms with Crippen LogP contribution in [-0.4, -0.2) is 0 Å². The predicted molar refractivity (Wildman–Crippen MR) is 50.8 cm³/mol. The number of rotatable bonds is 3. The van der Waals surface area contributed by atoms with E-state index in [1.165, 1.54) is 6.42 Å². The Morgan fingerprint density at radius 1 is 1.42 bits per heavy atom. The maximum Gasteiger partial charge on any atom is 0.107 e. The van der Waals surface area contributed by atoms with E-state index < -0.39 is 0 Å². The van der Waals surface area contributed by atoms with Gasteiger partial charge in [0.25, 0.3) is 0 Å². The van der Waals surface area contributed by atoms with Crippen molar-refractivity contribution in [1.82, 2.24) is 0 Å². The maximum atomic E-state index is 5.19. The molecule has 0 aliphatic carbocycles. The molecule has 0 aliphatic heterocycles. The van der Waals surface area contributed by atoms with Gasteiger partial charge in [-0.15, -0.1) is 0 Å². The van der Waals surface area contributed by atoms with Crippen LogP contribution in [-0.2, 0) is 0 Å². The van der Waals surface area contributed by atoms with Gasteiger partial charge in [-0.05, 0) is 30.4 Å². The van der Waals surface area contributed by atoms with Gasteiger partial charge >= 0.3 is 0 Å². The predicted octanol–water partition coefficient (Wildman–Crippen LogP) is 3.66. The van der Waals surface area contributed by atoms with Gasteiger partial charge in [-0.1, -0.05) is 20.8 Å². The van der Waals surface area contributed by atoms with Gasteiger partial charge in [0.05, 0.1) is 6.26 Å². The minimum absolute atomic E-state index is 0.420. The van der Waals surface area contributed by atoms with Crippen molar-refractivity contribution in [3.63, 3.8) is 0 Å². The van der Waals surface area contributed by atoms with Crippen LogP contribution in [0.1, 0.15) is 39.4 Å². The minimum Gasteiger partial charge on any atom is -0.469 e. The maximum absolute atomic E-state index is 5.19. The van der Waals surface area contributed by atoms with Crippen LogP contribution in [0.2, 0.25) is 0 Å². The molecule has 67 valence electrons. The van der Waals surface area contributed by atoms with Crippen molar-refractivity contribution in [2.24, 2.45) is 5.41 Å². The lowest BCUT2D eigenvalue weighted by atomic mass is 9.90. The van der Waals surface area contributed by atoms with Crippen LogP contribution in [0.4, 0.5) is 0 Å². The highest BCUT2D eigenvalue weighted by Gasteiger charge is 2.09. The fourth-order valence-corrected chi connectivity index (χ4v) is 1.05. The van der Waals surface area contributed by atoms with Crippen LogP contribution in [0.5, 0.6) is 0 Å². The van der Waals surface area contributed by atoms with Crippen LogP contribution < -0.4 is 0 Å². The van der Waals surface area contributed by atoms with Crippen molar-refractivity contribution in [3.8, 4) is 0 Å². The van der Waals surface area contributed by atoms with Crippen molar-refractivity contribution in [2.45, 2.75) is 33.6 Å². The van der Waals surface area contributed by atoms with Crippen LogP contribution in [0.25, 0.3) is 0 Å². The van der Waals surface area contributed by atoms with E-state index in [0.29, 0.717) is 5.41 Å². The lowest BCUT2D eigenvalue weighted by molar-refractivity contribution is 0.374. The van der Waals surface area contributed by atoms with Crippen molar-refractivity contribution < 1.29 is 4.42 Å². The second-order valence-corrected chi connectivity index (χ2v) is 4.32. The zero-order chi connectivity index (χ0) is 9.03. The highest BCUT2D eigenvalue weighted by Crippen LogP contribution is 2.22. The van der Waals surface area contributed by atoms with Gasteiger partial charge in [0.1, 0.15) is 5.76 Å². The van der Waals surface area contributed by atoms with Gasteiger partial charge in [-0.3, -0.25) is 0 Å². The van der Waals surface area contributed by atoms with E-state index in [0.717, 1.165) is 12.2 Å². The third-order valence-electron chi connectivity index (χ3n) is 1.78. The third kappa shape index (κ3) is 3.61. The summed E-state index contributed by atoms with van der Waals surface area (Å²) in [6.07, 6.45) is 6.15. The molecule has 0 N–H and O–H groups in total. The molecule has 0 atom stereocenters. The summed E-state index contributed by atoms with van der Waals surface area (Å²) in [5.74, 6) is 0.985. The molecule has 1 heterocycles. The van der Waals surface area contributed by atoms with Crippen LogP contribution in [0, 0.1) is 11.8 Å². The SMILES string of the molecule is CC(C)(C)CC[CH]c1ccco1. The molecule has 0 fully saturated rings. The molecule has 1 aromatic heterocycles. The van der Waals surface area contributed by atoms with Crippen LogP contribution >= 0.6 is 0 Å². The summed E-state index contributed by atoms with van der Waals surface area (Å²) in [7, 11) is 0. The monoisotopic (exact) mass is 165 g/mol. The van der Waals surface area contributed by atoms with E-state index >= 15 is 0 Å². The molecule has 0 aliphatic rings. The van der Waals surface area contributed by atoms with E-state index in [9.17, 15) is 0 Å². The van der Waals surface area contributed by atoms with Gasteiger partial charge in [0.2, 0.25) is 0 Å². The Morgan fingerprint density at radius 3 is 2.67 bits per heavy atom. The molecule has 0 saturated carbocycles. The van der Waals surface area contributed by atoms with Crippen molar-refractivity contribution in [2.75, 3.05) is 0 Å². The summed E-state index contributed by atoms with van der Waals surface area (Å²) in [5, 5.41) is 0. The molecule has 1 aromatic rings. The lowest BCUT2D eigenvalue weighted by Gasteiger charge is -2.16. The zero-order valence-corrected chi connectivity index (χ0v) is 8.13. The third-order valence-corrected chi connectivity index (χ3v) is 1.78. The molecule has 0 unspecified atom stereocenters. The molecule has 0 bridgehead atoms. The van der Waals surface area contributed by atoms with Crippen molar-refractivity contribution in [1.29, 1.82) is 0 Å². The first-order chi connectivity index (χ1) is 5.58. The van der Waals surface area contributed by atoms with E-state index in [1.807, 2.05) is 12.1 Å². The zero-order valence-electron chi connectivity index (χ0n) is 8.13. The van der Waals surface area contributed by atoms with Gasteiger partial charge in [-0.25, -0.2) is 0 Å². The average Bonchev–Trinajstić information content (AvgIpc) is 2.36. The van der Waals surface area contributed by atoms with Gasteiger partial charge in [0.15, 0.2) is 0 Å². The molecule has 1 heteroatoms. The fraction of sp³-hybridized carbons (Fsp3) is 0.545. The lowest BCUT2D eigenvalue weighted by Crippen LogP contribution is -2.04. The molecular formula is C11H17O. The first-order valence-electron chi connectivity index (χ1n) is 4.45. The number of hydrogen-bond donors (Lipinski definition) is 0. The Labute approximate surface area is 74.8 Å². The van der Waals surface area contributed by atoms with E-state index in [1.54, 1.807) is 6.26 Å². The number of hydrogen-bond acceptors (Lipinski definition) is 1. The molecule has 0 aromatic carbocycles. The fourth-order valence-electron chi connectivity index (χ4n) is 1.05. The van der Waals surface area contributed by atoms with Gasteiger partial charge < -0.3 is 4.42 Å². The first-order valence-corrected chi connectivity index (χ1v) is 4.45. The van der Waals surface area contributed by atoms with Gasteiger partial charge in [-0.2, -0.15) is 0 Å². The second kappa shape index (κ2) is 3.79. The van der Waals surface area contributed by atoms with E-state index in [2.05, 4.69) is 27.2 Å². The summed E-state index contributed by atoms with van der Waals surface area (Å²) in [4.78, 5) is 0. The molecule has 1 radical (unpaired) electrons. The first kappa shape index (κ1) is 9.37. The van der Waals surface area contributed by atoms with E-state index in [-0.39, 0.29) is 0 Å². The van der Waals surface area contributed by atoms with Crippen molar-refractivity contribution >= 4 is 0 Å². The molecular weight excluding hydrogens is 148 g/mol. The Morgan fingerprint density at radius 2 is 2.17 bits per heavy atom. The highest BCUT2D eigenvalue weighted by atomic mass is 16.3.